The summed E-state index contributed by atoms with van der Waals surface area (Å²) < 4.78 is 0. The van der Waals surface area contributed by atoms with Gasteiger partial charge in [0.15, 0.2) is 0 Å². The lowest BCUT2D eigenvalue weighted by Crippen LogP contribution is -2.27. The number of aryl methyl sites for hydroxylation is 2. The van der Waals surface area contributed by atoms with Crippen molar-refractivity contribution in [2.24, 2.45) is 11.8 Å². The first kappa shape index (κ1) is 15.2. The lowest BCUT2D eigenvalue weighted by atomic mass is 9.86. The van der Waals surface area contributed by atoms with E-state index in [1.54, 1.807) is 0 Å². The Hall–Kier alpha value is -0.820. The zero-order chi connectivity index (χ0) is 13.7. The smallest absolute Gasteiger partial charge is 0.00227 e. The summed E-state index contributed by atoms with van der Waals surface area (Å²) in [5.41, 5.74) is 4.23. The second-order valence-electron chi connectivity index (χ2n) is 6.32. The molecular weight excluding hydrogens is 218 g/mol. The van der Waals surface area contributed by atoms with Gasteiger partial charge in [-0.1, -0.05) is 57.0 Å². The fourth-order valence-electron chi connectivity index (χ4n) is 2.49. The maximum Gasteiger partial charge on any atom is 0.00227 e. The molecule has 0 amide bonds. The lowest BCUT2D eigenvalue weighted by molar-refractivity contribution is 0.442. The molecule has 0 radical (unpaired) electrons. The van der Waals surface area contributed by atoms with Gasteiger partial charge in [-0.25, -0.2) is 0 Å². The Balaban J connectivity index is 2.77. The molecule has 1 aromatic carbocycles. The first-order valence-corrected chi connectivity index (χ1v) is 7.19. The number of benzene rings is 1. The SMILES string of the molecule is Cc1cc(C)cc(C(CNCC(C)C)C(C)C)c1. The molecule has 0 aliphatic heterocycles. The van der Waals surface area contributed by atoms with E-state index in [0.717, 1.165) is 19.0 Å². The van der Waals surface area contributed by atoms with Crippen molar-refractivity contribution in [1.82, 2.24) is 5.32 Å². The summed E-state index contributed by atoms with van der Waals surface area (Å²) in [6.45, 7) is 15.7. The van der Waals surface area contributed by atoms with Crippen molar-refractivity contribution >= 4 is 0 Å². The van der Waals surface area contributed by atoms with Crippen LogP contribution in [0.1, 0.15) is 50.3 Å². The normalized spacial score (nSPS) is 13.3. The molecule has 1 unspecified atom stereocenters. The summed E-state index contributed by atoms with van der Waals surface area (Å²) in [5, 5.41) is 3.60. The second-order valence-corrected chi connectivity index (χ2v) is 6.32. The summed E-state index contributed by atoms with van der Waals surface area (Å²) >= 11 is 0. The minimum absolute atomic E-state index is 0.613. The van der Waals surface area contributed by atoms with Crippen molar-refractivity contribution in [2.45, 2.75) is 47.5 Å². The fraction of sp³-hybridized carbons (Fsp3) is 0.647. The molecule has 1 atom stereocenters. The third-order valence-corrected chi connectivity index (χ3v) is 3.39. The van der Waals surface area contributed by atoms with E-state index in [1.165, 1.54) is 16.7 Å². The van der Waals surface area contributed by atoms with E-state index in [2.05, 4.69) is 65.1 Å². The molecular formula is C17H29N. The number of nitrogens with one attached hydrogen (secondary N) is 1. The molecule has 1 heteroatoms. The topological polar surface area (TPSA) is 12.0 Å². The van der Waals surface area contributed by atoms with Gasteiger partial charge in [0.2, 0.25) is 0 Å². The summed E-state index contributed by atoms with van der Waals surface area (Å²) in [6, 6.07) is 6.94. The van der Waals surface area contributed by atoms with Crippen LogP contribution in [0.5, 0.6) is 0 Å². The van der Waals surface area contributed by atoms with Crippen molar-refractivity contribution in [3.63, 3.8) is 0 Å². The van der Waals surface area contributed by atoms with E-state index >= 15 is 0 Å². The van der Waals surface area contributed by atoms with Crippen molar-refractivity contribution in [1.29, 1.82) is 0 Å². The predicted octanol–water partition coefficient (Wildman–Crippen LogP) is 4.29. The van der Waals surface area contributed by atoms with Crippen molar-refractivity contribution in [2.75, 3.05) is 13.1 Å². The van der Waals surface area contributed by atoms with Crippen molar-refractivity contribution < 1.29 is 0 Å². The van der Waals surface area contributed by atoms with Gasteiger partial charge in [0, 0.05) is 6.54 Å². The average molecular weight is 247 g/mol. The highest BCUT2D eigenvalue weighted by Crippen LogP contribution is 2.25. The molecule has 0 aliphatic rings. The van der Waals surface area contributed by atoms with Gasteiger partial charge >= 0.3 is 0 Å². The van der Waals surface area contributed by atoms with Crippen LogP contribution in [0.2, 0.25) is 0 Å². The van der Waals surface area contributed by atoms with Crippen LogP contribution in [0.15, 0.2) is 18.2 Å². The van der Waals surface area contributed by atoms with E-state index in [1.807, 2.05) is 0 Å². The Bertz CT molecular complexity index is 346. The van der Waals surface area contributed by atoms with Crippen LogP contribution in [-0.4, -0.2) is 13.1 Å². The van der Waals surface area contributed by atoms with Gasteiger partial charge in [0.05, 0.1) is 0 Å². The van der Waals surface area contributed by atoms with Gasteiger partial charge in [-0.3, -0.25) is 0 Å². The first-order chi connectivity index (χ1) is 8.40. The third kappa shape index (κ3) is 4.81. The average Bonchev–Trinajstić information content (AvgIpc) is 2.21. The maximum atomic E-state index is 3.60. The molecule has 18 heavy (non-hydrogen) atoms. The molecule has 0 heterocycles. The monoisotopic (exact) mass is 247 g/mol. The summed E-state index contributed by atoms with van der Waals surface area (Å²) in [5.74, 6) is 2.00. The minimum atomic E-state index is 0.613. The van der Waals surface area contributed by atoms with Gasteiger partial charge in [-0.15, -0.1) is 0 Å². The Kier molecular flexibility index (Phi) is 5.87. The third-order valence-electron chi connectivity index (χ3n) is 3.39. The van der Waals surface area contributed by atoms with Gasteiger partial charge in [-0.05, 0) is 43.7 Å². The first-order valence-electron chi connectivity index (χ1n) is 7.19. The molecule has 102 valence electrons. The molecule has 0 saturated carbocycles. The molecule has 0 fully saturated rings. The molecule has 0 aromatic heterocycles. The van der Waals surface area contributed by atoms with E-state index in [9.17, 15) is 0 Å². The van der Waals surface area contributed by atoms with E-state index in [4.69, 9.17) is 0 Å². The van der Waals surface area contributed by atoms with Crippen LogP contribution in [0, 0.1) is 25.7 Å². The number of hydrogen-bond donors (Lipinski definition) is 1. The molecule has 0 saturated heterocycles. The zero-order valence-electron chi connectivity index (χ0n) is 12.9. The van der Waals surface area contributed by atoms with E-state index in [0.29, 0.717) is 11.8 Å². The van der Waals surface area contributed by atoms with Gasteiger partial charge in [0.25, 0.3) is 0 Å². The molecule has 1 aromatic rings. The lowest BCUT2D eigenvalue weighted by Gasteiger charge is -2.23. The van der Waals surface area contributed by atoms with Crippen LogP contribution in [0.25, 0.3) is 0 Å². The highest BCUT2D eigenvalue weighted by atomic mass is 14.9. The summed E-state index contributed by atoms with van der Waals surface area (Å²) in [4.78, 5) is 0. The Morgan fingerprint density at radius 2 is 1.44 bits per heavy atom. The largest absolute Gasteiger partial charge is 0.316 e. The molecule has 0 aliphatic carbocycles. The minimum Gasteiger partial charge on any atom is -0.316 e. The summed E-state index contributed by atoms with van der Waals surface area (Å²) in [6.07, 6.45) is 0. The summed E-state index contributed by atoms with van der Waals surface area (Å²) in [7, 11) is 0. The second kappa shape index (κ2) is 6.94. The van der Waals surface area contributed by atoms with E-state index < -0.39 is 0 Å². The van der Waals surface area contributed by atoms with E-state index in [-0.39, 0.29) is 0 Å². The van der Waals surface area contributed by atoms with Crippen molar-refractivity contribution in [3.8, 4) is 0 Å². The maximum absolute atomic E-state index is 3.60. The van der Waals surface area contributed by atoms with Crippen molar-refractivity contribution in [3.05, 3.63) is 34.9 Å². The molecule has 0 spiro atoms. The van der Waals surface area contributed by atoms with Crippen LogP contribution in [0.3, 0.4) is 0 Å². The van der Waals surface area contributed by atoms with Crippen LogP contribution in [-0.2, 0) is 0 Å². The Morgan fingerprint density at radius 3 is 1.89 bits per heavy atom. The fourth-order valence-corrected chi connectivity index (χ4v) is 2.49. The Labute approximate surface area is 113 Å². The van der Waals surface area contributed by atoms with Crippen LogP contribution in [0.4, 0.5) is 0 Å². The quantitative estimate of drug-likeness (QED) is 0.791. The highest BCUT2D eigenvalue weighted by molar-refractivity contribution is 5.31. The van der Waals surface area contributed by atoms with Gasteiger partial charge in [-0.2, -0.15) is 0 Å². The molecule has 0 bridgehead atoms. The standard InChI is InChI=1S/C17H29N/c1-12(2)10-18-11-17(13(3)4)16-8-14(5)7-15(6)9-16/h7-9,12-13,17-18H,10-11H2,1-6H3. The number of rotatable bonds is 6. The molecule has 1 nitrogen and oxygen atoms in total. The molecule has 1 rings (SSSR count). The van der Waals surface area contributed by atoms with Crippen LogP contribution >= 0.6 is 0 Å². The van der Waals surface area contributed by atoms with Crippen LogP contribution < -0.4 is 5.32 Å². The predicted molar refractivity (Wildman–Crippen MR) is 81.2 cm³/mol. The Morgan fingerprint density at radius 1 is 0.889 bits per heavy atom. The number of hydrogen-bond acceptors (Lipinski definition) is 1. The van der Waals surface area contributed by atoms with Gasteiger partial charge < -0.3 is 5.32 Å². The van der Waals surface area contributed by atoms with Gasteiger partial charge in [0.1, 0.15) is 0 Å². The highest BCUT2D eigenvalue weighted by Gasteiger charge is 2.16. The molecule has 1 N–H and O–H groups in total. The zero-order valence-corrected chi connectivity index (χ0v) is 12.9.